The van der Waals surface area contributed by atoms with Gasteiger partial charge in [0.1, 0.15) is 5.82 Å². The van der Waals surface area contributed by atoms with E-state index in [1.165, 1.54) is 19.2 Å². The topological polar surface area (TPSA) is 44.8 Å². The van der Waals surface area contributed by atoms with Crippen molar-refractivity contribution >= 4 is 34.7 Å². The summed E-state index contributed by atoms with van der Waals surface area (Å²) in [6, 6.07) is 13.6. The molecule has 0 unspecified atom stereocenters. The molecule has 1 N–H and O–H groups in total. The Labute approximate surface area is 157 Å². The van der Waals surface area contributed by atoms with Gasteiger partial charge in [-0.25, -0.2) is 9.18 Å². The Balaban J connectivity index is 1.61. The Morgan fingerprint density at radius 3 is 2.38 bits per heavy atom. The quantitative estimate of drug-likeness (QED) is 0.659. The SMILES string of the molecule is COC(=O)c1ccccc1NC(=S)N1CCN(c2ccc(F)cc2)CC1. The van der Waals surface area contributed by atoms with E-state index in [0.717, 1.165) is 31.9 Å². The van der Waals surface area contributed by atoms with Crippen LogP contribution in [-0.2, 0) is 4.74 Å². The van der Waals surface area contributed by atoms with Crippen molar-refractivity contribution in [2.45, 2.75) is 0 Å². The summed E-state index contributed by atoms with van der Waals surface area (Å²) in [6.45, 7) is 3.05. The minimum atomic E-state index is -0.406. The molecule has 5 nitrogen and oxygen atoms in total. The maximum atomic E-state index is 13.1. The largest absolute Gasteiger partial charge is 0.465 e. The first-order valence-electron chi connectivity index (χ1n) is 8.32. The van der Waals surface area contributed by atoms with E-state index >= 15 is 0 Å². The molecule has 7 heteroatoms. The van der Waals surface area contributed by atoms with Crippen LogP contribution in [0.15, 0.2) is 48.5 Å². The number of ether oxygens (including phenoxy) is 1. The van der Waals surface area contributed by atoms with Crippen molar-refractivity contribution < 1.29 is 13.9 Å². The Kier molecular flexibility index (Phi) is 5.68. The normalized spacial score (nSPS) is 14.1. The Morgan fingerprint density at radius 2 is 1.73 bits per heavy atom. The zero-order valence-electron chi connectivity index (χ0n) is 14.4. The molecule has 26 heavy (non-hydrogen) atoms. The van der Waals surface area contributed by atoms with Crippen molar-refractivity contribution in [3.8, 4) is 0 Å². The van der Waals surface area contributed by atoms with Crippen molar-refractivity contribution in [1.82, 2.24) is 4.90 Å². The van der Waals surface area contributed by atoms with Crippen LogP contribution >= 0.6 is 12.2 Å². The van der Waals surface area contributed by atoms with Crippen LogP contribution in [0.4, 0.5) is 15.8 Å². The first-order valence-corrected chi connectivity index (χ1v) is 8.73. The molecule has 1 aliphatic rings. The maximum Gasteiger partial charge on any atom is 0.339 e. The molecule has 3 rings (SSSR count). The second-order valence-corrected chi connectivity index (χ2v) is 6.30. The van der Waals surface area contributed by atoms with Gasteiger partial charge < -0.3 is 19.9 Å². The molecule has 1 saturated heterocycles. The summed E-state index contributed by atoms with van der Waals surface area (Å²) < 4.78 is 17.9. The molecule has 1 aliphatic heterocycles. The number of hydrogen-bond donors (Lipinski definition) is 1. The van der Waals surface area contributed by atoms with Crippen molar-refractivity contribution in [2.75, 3.05) is 43.5 Å². The monoisotopic (exact) mass is 373 g/mol. The molecule has 0 aliphatic carbocycles. The number of carbonyl (C=O) groups excluding carboxylic acids is 1. The lowest BCUT2D eigenvalue weighted by Crippen LogP contribution is -2.50. The summed E-state index contributed by atoms with van der Waals surface area (Å²) >= 11 is 5.51. The highest BCUT2D eigenvalue weighted by Crippen LogP contribution is 2.19. The third-order valence-electron chi connectivity index (χ3n) is 4.33. The number of anilines is 2. The summed E-state index contributed by atoms with van der Waals surface area (Å²) in [5, 5.41) is 3.72. The van der Waals surface area contributed by atoms with Crippen molar-refractivity contribution in [3.63, 3.8) is 0 Å². The van der Waals surface area contributed by atoms with Crippen LogP contribution in [-0.4, -0.2) is 49.3 Å². The van der Waals surface area contributed by atoms with Gasteiger partial charge in [0.2, 0.25) is 0 Å². The van der Waals surface area contributed by atoms with E-state index in [2.05, 4.69) is 15.1 Å². The predicted octanol–water partition coefficient (Wildman–Crippen LogP) is 3.13. The second kappa shape index (κ2) is 8.14. The van der Waals surface area contributed by atoms with Gasteiger partial charge in [-0.05, 0) is 48.6 Å². The van der Waals surface area contributed by atoms with E-state index in [1.807, 2.05) is 6.07 Å². The number of thiocarbonyl (C=S) groups is 1. The molecule has 0 amide bonds. The molecule has 0 radical (unpaired) electrons. The molecule has 2 aromatic carbocycles. The number of benzene rings is 2. The number of para-hydroxylation sites is 1. The van der Waals surface area contributed by atoms with Crippen LogP contribution in [0.25, 0.3) is 0 Å². The van der Waals surface area contributed by atoms with Gasteiger partial charge >= 0.3 is 5.97 Å². The fourth-order valence-electron chi connectivity index (χ4n) is 2.89. The third-order valence-corrected chi connectivity index (χ3v) is 4.69. The molecule has 2 aromatic rings. The van der Waals surface area contributed by atoms with Crippen LogP contribution < -0.4 is 10.2 Å². The molecule has 1 fully saturated rings. The van der Waals surface area contributed by atoms with Gasteiger partial charge in [0.05, 0.1) is 18.4 Å². The van der Waals surface area contributed by atoms with Gasteiger partial charge in [-0.15, -0.1) is 0 Å². The molecular formula is C19H20FN3O2S. The van der Waals surface area contributed by atoms with Crippen LogP contribution in [0.5, 0.6) is 0 Å². The second-order valence-electron chi connectivity index (χ2n) is 5.92. The maximum absolute atomic E-state index is 13.1. The summed E-state index contributed by atoms with van der Waals surface area (Å²) in [7, 11) is 1.35. The number of carbonyl (C=O) groups is 1. The zero-order valence-corrected chi connectivity index (χ0v) is 15.3. The van der Waals surface area contributed by atoms with Crippen molar-refractivity contribution in [2.24, 2.45) is 0 Å². The van der Waals surface area contributed by atoms with Crippen molar-refractivity contribution in [1.29, 1.82) is 0 Å². The van der Waals surface area contributed by atoms with E-state index in [-0.39, 0.29) is 5.82 Å². The number of esters is 1. The minimum absolute atomic E-state index is 0.234. The number of methoxy groups -OCH3 is 1. The van der Waals surface area contributed by atoms with Gasteiger partial charge in [0, 0.05) is 31.9 Å². The smallest absolute Gasteiger partial charge is 0.339 e. The van der Waals surface area contributed by atoms with Crippen LogP contribution in [0, 0.1) is 5.82 Å². The van der Waals surface area contributed by atoms with Gasteiger partial charge in [-0.1, -0.05) is 12.1 Å². The highest BCUT2D eigenvalue weighted by atomic mass is 32.1. The number of halogens is 1. The van der Waals surface area contributed by atoms with E-state index in [4.69, 9.17) is 17.0 Å². The molecule has 136 valence electrons. The van der Waals surface area contributed by atoms with Gasteiger partial charge in [-0.2, -0.15) is 0 Å². The molecule has 0 aromatic heterocycles. The fraction of sp³-hybridized carbons (Fsp3) is 0.263. The number of rotatable bonds is 3. The first kappa shape index (κ1) is 18.1. The Bertz CT molecular complexity index is 790. The fourth-order valence-corrected chi connectivity index (χ4v) is 3.19. The lowest BCUT2D eigenvalue weighted by atomic mass is 10.2. The lowest BCUT2D eigenvalue weighted by molar-refractivity contribution is 0.0602. The van der Waals surface area contributed by atoms with Gasteiger partial charge in [-0.3, -0.25) is 0 Å². The predicted molar refractivity (Wildman–Crippen MR) is 104 cm³/mol. The van der Waals surface area contributed by atoms with Gasteiger partial charge in [0.15, 0.2) is 5.11 Å². The van der Waals surface area contributed by atoms with Crippen LogP contribution in [0.3, 0.4) is 0 Å². The highest BCUT2D eigenvalue weighted by Gasteiger charge is 2.20. The highest BCUT2D eigenvalue weighted by molar-refractivity contribution is 7.80. The van der Waals surface area contributed by atoms with E-state index in [1.54, 1.807) is 30.3 Å². The summed E-state index contributed by atoms with van der Waals surface area (Å²) in [5.74, 6) is -0.640. The molecular weight excluding hydrogens is 353 g/mol. The summed E-state index contributed by atoms with van der Waals surface area (Å²) in [5.41, 5.74) is 2.08. The number of hydrogen-bond acceptors (Lipinski definition) is 4. The van der Waals surface area contributed by atoms with E-state index in [9.17, 15) is 9.18 Å². The average molecular weight is 373 g/mol. The van der Waals surface area contributed by atoms with Gasteiger partial charge in [0.25, 0.3) is 0 Å². The average Bonchev–Trinajstić information content (AvgIpc) is 2.68. The summed E-state index contributed by atoms with van der Waals surface area (Å²) in [4.78, 5) is 16.1. The molecule has 0 atom stereocenters. The Hall–Kier alpha value is -2.67. The molecule has 0 spiro atoms. The van der Waals surface area contributed by atoms with E-state index in [0.29, 0.717) is 16.4 Å². The molecule has 0 saturated carbocycles. The molecule has 1 heterocycles. The Morgan fingerprint density at radius 1 is 1.08 bits per heavy atom. The first-order chi connectivity index (χ1) is 12.6. The third kappa shape index (κ3) is 4.11. The minimum Gasteiger partial charge on any atom is -0.465 e. The number of nitrogens with zero attached hydrogens (tertiary/aromatic N) is 2. The number of piperazine rings is 1. The molecule has 0 bridgehead atoms. The van der Waals surface area contributed by atoms with Crippen LogP contribution in [0.2, 0.25) is 0 Å². The van der Waals surface area contributed by atoms with Crippen molar-refractivity contribution in [3.05, 3.63) is 59.9 Å². The number of nitrogens with one attached hydrogen (secondary N) is 1. The van der Waals surface area contributed by atoms with E-state index < -0.39 is 5.97 Å². The van der Waals surface area contributed by atoms with Crippen LogP contribution in [0.1, 0.15) is 10.4 Å². The standard InChI is InChI=1S/C19H20FN3O2S/c1-25-18(24)16-4-2-3-5-17(16)21-19(26)23-12-10-22(11-13-23)15-8-6-14(20)7-9-15/h2-9H,10-13H2,1H3,(H,21,26). The summed E-state index contributed by atoms with van der Waals surface area (Å²) in [6.07, 6.45) is 0. The zero-order chi connectivity index (χ0) is 18.5. The lowest BCUT2D eigenvalue weighted by Gasteiger charge is -2.37.